The van der Waals surface area contributed by atoms with Gasteiger partial charge < -0.3 is 15.1 Å². The number of hydrogen-bond donors (Lipinski definition) is 1. The van der Waals surface area contributed by atoms with Crippen molar-refractivity contribution >= 4 is 17.4 Å². The average Bonchev–Trinajstić information content (AvgIpc) is 2.69. The van der Waals surface area contributed by atoms with E-state index in [1.54, 1.807) is 0 Å². The Morgan fingerprint density at radius 3 is 2.50 bits per heavy atom. The first-order valence-corrected chi connectivity index (χ1v) is 9.41. The first kappa shape index (κ1) is 18.2. The molecule has 1 aliphatic heterocycles. The van der Waals surface area contributed by atoms with E-state index in [4.69, 9.17) is 0 Å². The van der Waals surface area contributed by atoms with Crippen LogP contribution in [-0.2, 0) is 4.79 Å². The number of nitrogens with zero attached hydrogens (tertiary/aromatic N) is 3. The molecule has 138 valence electrons. The minimum Gasteiger partial charge on any atom is -0.384 e. The number of carbonyl (C=O) groups excluding carboxylic acids is 1. The smallest absolute Gasteiger partial charge is 0.224 e. The van der Waals surface area contributed by atoms with Gasteiger partial charge in [-0.2, -0.15) is 0 Å². The summed E-state index contributed by atoms with van der Waals surface area (Å²) in [6, 6.07) is 14.3. The molecule has 1 amide bonds. The lowest BCUT2D eigenvalue weighted by molar-refractivity contribution is -0.131. The standard InChI is InChI=1S/C21H28N4O/c1-17(2)18-7-3-4-8-19(18)22-12-10-21(26)25-15-13-24(14-16-25)20-9-5-6-11-23-20/h3-9,11,17,22H,10,12-16H2,1-2H3. The van der Waals surface area contributed by atoms with Gasteiger partial charge in [-0.3, -0.25) is 4.79 Å². The van der Waals surface area contributed by atoms with Gasteiger partial charge in [0.2, 0.25) is 5.91 Å². The van der Waals surface area contributed by atoms with Crippen molar-refractivity contribution < 1.29 is 4.79 Å². The van der Waals surface area contributed by atoms with Gasteiger partial charge in [-0.15, -0.1) is 0 Å². The Hall–Kier alpha value is -2.56. The van der Waals surface area contributed by atoms with Crippen molar-refractivity contribution in [2.75, 3.05) is 42.9 Å². The van der Waals surface area contributed by atoms with Crippen LogP contribution in [0, 0.1) is 0 Å². The molecule has 2 aromatic rings. The Morgan fingerprint density at radius 2 is 1.81 bits per heavy atom. The van der Waals surface area contributed by atoms with Gasteiger partial charge in [-0.05, 0) is 29.7 Å². The average molecular weight is 352 g/mol. The number of amides is 1. The van der Waals surface area contributed by atoms with Crippen LogP contribution in [0.1, 0.15) is 31.7 Å². The van der Waals surface area contributed by atoms with Crippen LogP contribution in [0.15, 0.2) is 48.7 Å². The van der Waals surface area contributed by atoms with Gasteiger partial charge in [0.25, 0.3) is 0 Å². The van der Waals surface area contributed by atoms with Gasteiger partial charge in [0.1, 0.15) is 5.82 Å². The van der Waals surface area contributed by atoms with E-state index in [9.17, 15) is 4.79 Å². The summed E-state index contributed by atoms with van der Waals surface area (Å²) in [5, 5.41) is 3.43. The van der Waals surface area contributed by atoms with Crippen molar-refractivity contribution in [3.63, 3.8) is 0 Å². The van der Waals surface area contributed by atoms with Crippen LogP contribution in [-0.4, -0.2) is 48.5 Å². The lowest BCUT2D eigenvalue weighted by atomic mass is 10.0. The third-order valence-electron chi connectivity index (χ3n) is 4.84. The Labute approximate surface area is 156 Å². The fraction of sp³-hybridized carbons (Fsp3) is 0.429. The van der Waals surface area contributed by atoms with Gasteiger partial charge in [0, 0.05) is 51.0 Å². The fourth-order valence-corrected chi connectivity index (χ4v) is 3.35. The molecule has 1 aliphatic rings. The van der Waals surface area contributed by atoms with E-state index in [2.05, 4.69) is 47.2 Å². The van der Waals surface area contributed by atoms with Crippen molar-refractivity contribution in [1.82, 2.24) is 9.88 Å². The molecular weight excluding hydrogens is 324 g/mol. The highest BCUT2D eigenvalue weighted by Crippen LogP contribution is 2.23. The van der Waals surface area contributed by atoms with E-state index in [-0.39, 0.29) is 5.91 Å². The maximum absolute atomic E-state index is 12.5. The van der Waals surface area contributed by atoms with E-state index < -0.39 is 0 Å². The van der Waals surface area contributed by atoms with Crippen molar-refractivity contribution in [1.29, 1.82) is 0 Å². The SMILES string of the molecule is CC(C)c1ccccc1NCCC(=O)N1CCN(c2ccccn2)CC1. The quantitative estimate of drug-likeness (QED) is 0.866. The molecule has 5 heteroatoms. The van der Waals surface area contributed by atoms with Crippen molar-refractivity contribution in [2.45, 2.75) is 26.2 Å². The van der Waals surface area contributed by atoms with Crippen LogP contribution in [0.2, 0.25) is 0 Å². The second kappa shape index (κ2) is 8.70. The van der Waals surface area contributed by atoms with E-state index >= 15 is 0 Å². The zero-order chi connectivity index (χ0) is 18.4. The number of nitrogens with one attached hydrogen (secondary N) is 1. The third-order valence-corrected chi connectivity index (χ3v) is 4.84. The van der Waals surface area contributed by atoms with E-state index in [0.717, 1.165) is 37.7 Å². The molecule has 0 radical (unpaired) electrons. The molecule has 0 atom stereocenters. The fourth-order valence-electron chi connectivity index (χ4n) is 3.35. The summed E-state index contributed by atoms with van der Waals surface area (Å²) in [7, 11) is 0. The van der Waals surface area contributed by atoms with Crippen molar-refractivity contribution in [3.05, 3.63) is 54.2 Å². The summed E-state index contributed by atoms with van der Waals surface area (Å²) in [6.07, 6.45) is 2.34. The molecule has 0 spiro atoms. The van der Waals surface area contributed by atoms with Crippen LogP contribution in [0.4, 0.5) is 11.5 Å². The van der Waals surface area contributed by atoms with Crippen molar-refractivity contribution in [3.8, 4) is 0 Å². The molecule has 2 heterocycles. The van der Waals surface area contributed by atoms with Crippen LogP contribution >= 0.6 is 0 Å². The van der Waals surface area contributed by atoms with Gasteiger partial charge in [0.05, 0.1) is 0 Å². The van der Waals surface area contributed by atoms with Crippen LogP contribution in [0.3, 0.4) is 0 Å². The van der Waals surface area contributed by atoms with Crippen LogP contribution in [0.5, 0.6) is 0 Å². The molecule has 1 saturated heterocycles. The van der Waals surface area contributed by atoms with E-state index in [0.29, 0.717) is 18.9 Å². The number of pyridine rings is 1. The summed E-state index contributed by atoms with van der Waals surface area (Å²) in [5.41, 5.74) is 2.43. The topological polar surface area (TPSA) is 48.5 Å². The highest BCUT2D eigenvalue weighted by Gasteiger charge is 2.21. The molecule has 3 rings (SSSR count). The highest BCUT2D eigenvalue weighted by molar-refractivity contribution is 5.77. The number of benzene rings is 1. The number of rotatable bonds is 6. The maximum atomic E-state index is 12.5. The molecule has 0 aliphatic carbocycles. The molecule has 1 fully saturated rings. The monoisotopic (exact) mass is 352 g/mol. The number of para-hydroxylation sites is 1. The van der Waals surface area contributed by atoms with Crippen LogP contribution < -0.4 is 10.2 Å². The van der Waals surface area contributed by atoms with Crippen molar-refractivity contribution in [2.24, 2.45) is 0 Å². The Bertz CT molecular complexity index is 709. The van der Waals surface area contributed by atoms with Gasteiger partial charge in [0.15, 0.2) is 0 Å². The summed E-state index contributed by atoms with van der Waals surface area (Å²) >= 11 is 0. The first-order valence-electron chi connectivity index (χ1n) is 9.41. The van der Waals surface area contributed by atoms with Gasteiger partial charge >= 0.3 is 0 Å². The van der Waals surface area contributed by atoms with E-state index in [1.165, 1.54) is 5.56 Å². The lowest BCUT2D eigenvalue weighted by Crippen LogP contribution is -2.49. The number of hydrogen-bond acceptors (Lipinski definition) is 4. The molecule has 0 bridgehead atoms. The zero-order valence-electron chi connectivity index (χ0n) is 15.7. The molecule has 0 unspecified atom stereocenters. The Kier molecular flexibility index (Phi) is 6.10. The van der Waals surface area contributed by atoms with Gasteiger partial charge in [-0.25, -0.2) is 4.98 Å². The molecule has 1 aromatic heterocycles. The molecule has 5 nitrogen and oxygen atoms in total. The largest absolute Gasteiger partial charge is 0.384 e. The lowest BCUT2D eigenvalue weighted by Gasteiger charge is -2.35. The first-order chi connectivity index (χ1) is 12.6. The van der Waals surface area contributed by atoms with E-state index in [1.807, 2.05) is 35.4 Å². The van der Waals surface area contributed by atoms with Gasteiger partial charge in [-0.1, -0.05) is 38.1 Å². The number of carbonyl (C=O) groups is 1. The number of piperazine rings is 1. The minimum atomic E-state index is 0.222. The summed E-state index contributed by atoms with van der Waals surface area (Å²) in [6.45, 7) is 8.25. The Morgan fingerprint density at radius 1 is 1.08 bits per heavy atom. The zero-order valence-corrected chi connectivity index (χ0v) is 15.7. The molecule has 26 heavy (non-hydrogen) atoms. The minimum absolute atomic E-state index is 0.222. The molecular formula is C21H28N4O. The molecule has 1 aromatic carbocycles. The summed E-state index contributed by atoms with van der Waals surface area (Å²) < 4.78 is 0. The predicted octanol–water partition coefficient (Wildman–Crippen LogP) is 3.36. The Balaban J connectivity index is 1.45. The summed E-state index contributed by atoms with van der Waals surface area (Å²) in [5.74, 6) is 1.68. The maximum Gasteiger partial charge on any atom is 0.224 e. The number of aromatic nitrogens is 1. The normalized spacial score (nSPS) is 14.6. The second-order valence-corrected chi connectivity index (χ2v) is 6.97. The van der Waals surface area contributed by atoms with Crippen LogP contribution in [0.25, 0.3) is 0 Å². The number of anilines is 2. The molecule has 0 saturated carbocycles. The molecule has 1 N–H and O–H groups in total. The second-order valence-electron chi connectivity index (χ2n) is 6.97. The third kappa shape index (κ3) is 4.54. The predicted molar refractivity (Wildman–Crippen MR) is 107 cm³/mol. The highest BCUT2D eigenvalue weighted by atomic mass is 16.2. The summed E-state index contributed by atoms with van der Waals surface area (Å²) in [4.78, 5) is 21.1.